The zero-order valence-electron chi connectivity index (χ0n) is 14.3. The lowest BCUT2D eigenvalue weighted by molar-refractivity contribution is -0.155. The molecule has 128 valence electrons. The minimum Gasteiger partial charge on any atom is -0.482 e. The van der Waals surface area contributed by atoms with Gasteiger partial charge in [-0.1, -0.05) is 11.6 Å². The van der Waals surface area contributed by atoms with Crippen molar-refractivity contribution in [2.45, 2.75) is 46.7 Å². The topological polar surface area (TPSA) is 55.8 Å². The molecule has 1 rings (SSSR count). The smallest absolute Gasteiger partial charge is 0.344 e. The minimum atomic E-state index is -0.585. The maximum Gasteiger partial charge on any atom is 0.344 e. The molecular weight excluding hydrogens is 318 g/mol. The Morgan fingerprint density at radius 1 is 1.13 bits per heavy atom. The Morgan fingerprint density at radius 2 is 1.74 bits per heavy atom. The number of halogens is 1. The quantitative estimate of drug-likeness (QED) is 0.714. The van der Waals surface area contributed by atoms with Crippen molar-refractivity contribution in [1.82, 2.24) is 4.90 Å². The van der Waals surface area contributed by atoms with E-state index in [1.165, 1.54) is 0 Å². The SMILES string of the molecule is Cc1cc(OCC(=O)OCC(=O)N(C(C)C)C(C)C)ccc1Cl. The molecule has 0 heterocycles. The second-order valence-electron chi connectivity index (χ2n) is 5.85. The molecule has 0 spiro atoms. The van der Waals surface area contributed by atoms with Crippen molar-refractivity contribution >= 4 is 23.5 Å². The maximum absolute atomic E-state index is 12.1. The Bertz CT molecular complexity index is 550. The number of carbonyl (C=O) groups is 2. The fourth-order valence-corrected chi connectivity index (χ4v) is 2.40. The van der Waals surface area contributed by atoms with Crippen molar-refractivity contribution in [3.63, 3.8) is 0 Å². The molecule has 0 atom stereocenters. The summed E-state index contributed by atoms with van der Waals surface area (Å²) in [6.45, 7) is 9.00. The van der Waals surface area contributed by atoms with E-state index in [2.05, 4.69) is 0 Å². The fraction of sp³-hybridized carbons (Fsp3) is 0.529. The van der Waals surface area contributed by atoms with E-state index in [0.717, 1.165) is 5.56 Å². The average molecular weight is 342 g/mol. The highest BCUT2D eigenvalue weighted by Crippen LogP contribution is 2.20. The Balaban J connectivity index is 2.44. The minimum absolute atomic E-state index is 0.0505. The first kappa shape index (κ1) is 19.3. The highest BCUT2D eigenvalue weighted by atomic mass is 35.5. The van der Waals surface area contributed by atoms with Crippen LogP contribution in [0.15, 0.2) is 18.2 Å². The lowest BCUT2D eigenvalue weighted by atomic mass is 10.2. The van der Waals surface area contributed by atoms with E-state index in [1.54, 1.807) is 23.1 Å². The number of amides is 1. The number of carbonyl (C=O) groups excluding carboxylic acids is 2. The number of hydrogen-bond donors (Lipinski definition) is 0. The number of rotatable bonds is 7. The van der Waals surface area contributed by atoms with Crippen LogP contribution in [0.5, 0.6) is 5.75 Å². The summed E-state index contributed by atoms with van der Waals surface area (Å²) in [5, 5.41) is 0.632. The number of nitrogens with zero attached hydrogens (tertiary/aromatic N) is 1. The monoisotopic (exact) mass is 341 g/mol. The Kier molecular flexibility index (Phi) is 7.36. The molecule has 0 radical (unpaired) electrons. The van der Waals surface area contributed by atoms with Crippen molar-refractivity contribution < 1.29 is 19.1 Å². The number of aryl methyl sites for hydroxylation is 1. The molecule has 0 aromatic heterocycles. The highest BCUT2D eigenvalue weighted by molar-refractivity contribution is 6.31. The first-order valence-electron chi connectivity index (χ1n) is 7.58. The van der Waals surface area contributed by atoms with E-state index in [-0.39, 0.29) is 31.2 Å². The van der Waals surface area contributed by atoms with Crippen LogP contribution in [-0.4, -0.2) is 42.1 Å². The zero-order valence-corrected chi connectivity index (χ0v) is 15.0. The van der Waals surface area contributed by atoms with Gasteiger partial charge in [-0.25, -0.2) is 4.79 Å². The van der Waals surface area contributed by atoms with Crippen LogP contribution >= 0.6 is 11.6 Å². The molecular formula is C17H24ClNO4. The molecule has 0 aliphatic heterocycles. The van der Waals surface area contributed by atoms with E-state index in [0.29, 0.717) is 10.8 Å². The fourth-order valence-electron chi connectivity index (χ4n) is 2.28. The summed E-state index contributed by atoms with van der Waals surface area (Å²) in [7, 11) is 0. The van der Waals surface area contributed by atoms with Gasteiger partial charge >= 0.3 is 5.97 Å². The van der Waals surface area contributed by atoms with Gasteiger partial charge in [0.1, 0.15) is 5.75 Å². The van der Waals surface area contributed by atoms with E-state index in [1.807, 2.05) is 34.6 Å². The van der Waals surface area contributed by atoms with Crippen LogP contribution in [0.4, 0.5) is 0 Å². The van der Waals surface area contributed by atoms with Gasteiger partial charge in [-0.15, -0.1) is 0 Å². The van der Waals surface area contributed by atoms with Crippen molar-refractivity contribution in [3.05, 3.63) is 28.8 Å². The largest absolute Gasteiger partial charge is 0.482 e. The summed E-state index contributed by atoms with van der Waals surface area (Å²) < 4.78 is 10.3. The molecule has 6 heteroatoms. The molecule has 0 saturated heterocycles. The molecule has 1 amide bonds. The average Bonchev–Trinajstić information content (AvgIpc) is 2.45. The molecule has 0 bridgehead atoms. The summed E-state index contributed by atoms with van der Waals surface area (Å²) in [6, 6.07) is 5.21. The normalized spacial score (nSPS) is 10.8. The summed E-state index contributed by atoms with van der Waals surface area (Å²) in [6.07, 6.45) is 0. The highest BCUT2D eigenvalue weighted by Gasteiger charge is 2.21. The van der Waals surface area contributed by atoms with Crippen LogP contribution in [0, 0.1) is 6.92 Å². The number of benzene rings is 1. The Hall–Kier alpha value is -1.75. The van der Waals surface area contributed by atoms with E-state index in [4.69, 9.17) is 21.1 Å². The molecule has 0 saturated carbocycles. The van der Waals surface area contributed by atoms with Gasteiger partial charge in [0.15, 0.2) is 13.2 Å². The third-order valence-electron chi connectivity index (χ3n) is 3.24. The van der Waals surface area contributed by atoms with Gasteiger partial charge in [0, 0.05) is 17.1 Å². The predicted molar refractivity (Wildman–Crippen MR) is 89.8 cm³/mol. The van der Waals surface area contributed by atoms with Crippen molar-refractivity contribution in [1.29, 1.82) is 0 Å². The summed E-state index contributed by atoms with van der Waals surface area (Å²) in [5.74, 6) is -0.273. The molecule has 0 unspecified atom stereocenters. The Labute approximate surface area is 142 Å². The molecule has 0 aliphatic rings. The molecule has 5 nitrogen and oxygen atoms in total. The van der Waals surface area contributed by atoms with Crippen LogP contribution in [0.25, 0.3) is 0 Å². The number of esters is 1. The zero-order chi connectivity index (χ0) is 17.6. The first-order valence-corrected chi connectivity index (χ1v) is 7.96. The van der Waals surface area contributed by atoms with Crippen molar-refractivity contribution in [2.24, 2.45) is 0 Å². The van der Waals surface area contributed by atoms with Gasteiger partial charge < -0.3 is 14.4 Å². The lowest BCUT2D eigenvalue weighted by Crippen LogP contribution is -2.44. The van der Waals surface area contributed by atoms with Gasteiger partial charge in [-0.05, 0) is 58.4 Å². The van der Waals surface area contributed by atoms with Gasteiger partial charge in [-0.3, -0.25) is 4.79 Å². The molecule has 1 aromatic rings. The molecule has 0 N–H and O–H groups in total. The maximum atomic E-state index is 12.1. The van der Waals surface area contributed by atoms with Gasteiger partial charge in [0.05, 0.1) is 0 Å². The predicted octanol–water partition coefficient (Wildman–Crippen LogP) is 3.22. The third kappa shape index (κ3) is 6.10. The van der Waals surface area contributed by atoms with E-state index >= 15 is 0 Å². The molecule has 0 fully saturated rings. The number of hydrogen-bond acceptors (Lipinski definition) is 4. The summed E-state index contributed by atoms with van der Waals surface area (Å²) >= 11 is 5.92. The summed E-state index contributed by atoms with van der Waals surface area (Å²) in [5.41, 5.74) is 0.859. The second-order valence-corrected chi connectivity index (χ2v) is 6.26. The van der Waals surface area contributed by atoms with Crippen LogP contribution in [0.1, 0.15) is 33.3 Å². The van der Waals surface area contributed by atoms with Crippen LogP contribution in [-0.2, 0) is 14.3 Å². The van der Waals surface area contributed by atoms with Crippen LogP contribution in [0.3, 0.4) is 0 Å². The van der Waals surface area contributed by atoms with Gasteiger partial charge in [0.25, 0.3) is 5.91 Å². The molecule has 0 aliphatic carbocycles. The second kappa shape index (κ2) is 8.77. The molecule has 1 aromatic carbocycles. The molecule has 23 heavy (non-hydrogen) atoms. The third-order valence-corrected chi connectivity index (χ3v) is 3.67. The van der Waals surface area contributed by atoms with Gasteiger partial charge in [0.2, 0.25) is 0 Å². The van der Waals surface area contributed by atoms with Gasteiger partial charge in [-0.2, -0.15) is 0 Å². The van der Waals surface area contributed by atoms with E-state index in [9.17, 15) is 9.59 Å². The van der Waals surface area contributed by atoms with Crippen LogP contribution in [0.2, 0.25) is 5.02 Å². The van der Waals surface area contributed by atoms with Crippen molar-refractivity contribution in [3.8, 4) is 5.75 Å². The lowest BCUT2D eigenvalue weighted by Gasteiger charge is -2.30. The Morgan fingerprint density at radius 3 is 2.26 bits per heavy atom. The number of ether oxygens (including phenoxy) is 2. The first-order chi connectivity index (χ1) is 10.7. The summed E-state index contributed by atoms with van der Waals surface area (Å²) in [4.78, 5) is 25.4. The van der Waals surface area contributed by atoms with Crippen LogP contribution < -0.4 is 4.74 Å². The van der Waals surface area contributed by atoms with Crippen molar-refractivity contribution in [2.75, 3.05) is 13.2 Å². The standard InChI is InChI=1S/C17H24ClNO4/c1-11(2)19(12(3)4)16(20)9-23-17(21)10-22-14-6-7-15(18)13(5)8-14/h6-8,11-12H,9-10H2,1-5H3. The van der Waals surface area contributed by atoms with E-state index < -0.39 is 5.97 Å².